The maximum atomic E-state index is 12.7. The Morgan fingerprint density at radius 1 is 0.912 bits per heavy atom. The monoisotopic (exact) mass is 484 g/mol. The lowest BCUT2D eigenvalue weighted by molar-refractivity contribution is -0.210. The summed E-state index contributed by atoms with van der Waals surface area (Å²) in [6, 6.07) is 0. The molecule has 0 saturated heterocycles. The molecule has 0 radical (unpaired) electrons. The molecule has 0 spiro atoms. The van der Waals surface area contributed by atoms with Crippen LogP contribution in [0.1, 0.15) is 112 Å². The van der Waals surface area contributed by atoms with Gasteiger partial charge in [0.25, 0.3) is 0 Å². The van der Waals surface area contributed by atoms with E-state index in [0.29, 0.717) is 30.1 Å². The Bertz CT molecular complexity index is 733. The van der Waals surface area contributed by atoms with Crippen molar-refractivity contribution in [3.63, 3.8) is 0 Å². The van der Waals surface area contributed by atoms with Crippen LogP contribution in [-0.2, 0) is 9.53 Å². The zero-order valence-corrected chi connectivity index (χ0v) is 22.1. The van der Waals surface area contributed by atoms with Crippen molar-refractivity contribution in [1.82, 2.24) is 0 Å². The van der Waals surface area contributed by atoms with Crippen molar-refractivity contribution in [2.24, 2.45) is 52.3 Å². The molecule has 4 fully saturated rings. The molecule has 0 aromatic carbocycles. The number of ether oxygens (including phenoxy) is 1. The summed E-state index contributed by atoms with van der Waals surface area (Å²) < 4.78 is 43.0. The molecular formula is C29H47F3O2. The summed E-state index contributed by atoms with van der Waals surface area (Å²) in [7, 11) is 0. The topological polar surface area (TPSA) is 26.3 Å². The fraction of sp³-hybridized carbons (Fsp3) is 0.966. The molecule has 0 amide bonds. The lowest BCUT2D eigenvalue weighted by Crippen LogP contribution is -2.54. The van der Waals surface area contributed by atoms with Crippen molar-refractivity contribution >= 4 is 5.97 Å². The van der Waals surface area contributed by atoms with Crippen LogP contribution in [0.15, 0.2) is 0 Å². The summed E-state index contributed by atoms with van der Waals surface area (Å²) in [5.74, 6) is 3.05. The van der Waals surface area contributed by atoms with Gasteiger partial charge in [0, 0.05) is 0 Å². The Kier molecular flexibility index (Phi) is 7.44. The van der Waals surface area contributed by atoms with Crippen molar-refractivity contribution in [1.29, 1.82) is 0 Å². The van der Waals surface area contributed by atoms with E-state index >= 15 is 0 Å². The highest BCUT2D eigenvalue weighted by molar-refractivity contribution is 5.75. The van der Waals surface area contributed by atoms with E-state index in [2.05, 4.69) is 34.6 Å². The average Bonchev–Trinajstić information content (AvgIpc) is 3.10. The van der Waals surface area contributed by atoms with Crippen LogP contribution in [0.25, 0.3) is 0 Å². The van der Waals surface area contributed by atoms with Gasteiger partial charge in [-0.3, -0.25) is 0 Å². The van der Waals surface area contributed by atoms with Gasteiger partial charge in [-0.25, -0.2) is 4.79 Å². The van der Waals surface area contributed by atoms with E-state index in [-0.39, 0.29) is 5.41 Å². The zero-order chi connectivity index (χ0) is 24.9. The number of fused-ring (bicyclic) bond motifs is 5. The van der Waals surface area contributed by atoms with Gasteiger partial charge in [0.1, 0.15) is 6.10 Å². The van der Waals surface area contributed by atoms with E-state index in [1.54, 1.807) is 0 Å². The predicted octanol–water partition coefficient (Wildman–Crippen LogP) is 8.58. The Hall–Kier alpha value is -0.740. The highest BCUT2D eigenvalue weighted by Gasteiger charge is 2.61. The molecule has 0 N–H and O–H groups in total. The highest BCUT2D eigenvalue weighted by atomic mass is 19.4. The molecule has 2 nitrogen and oxygen atoms in total. The minimum atomic E-state index is -4.89. The minimum Gasteiger partial charge on any atom is -0.456 e. The van der Waals surface area contributed by atoms with Gasteiger partial charge < -0.3 is 4.74 Å². The molecule has 4 saturated carbocycles. The number of esters is 1. The van der Waals surface area contributed by atoms with E-state index in [1.807, 2.05) is 0 Å². The Labute approximate surface area is 205 Å². The largest absolute Gasteiger partial charge is 0.490 e. The van der Waals surface area contributed by atoms with E-state index in [0.717, 1.165) is 42.4 Å². The first-order valence-corrected chi connectivity index (χ1v) is 14.1. The van der Waals surface area contributed by atoms with Crippen LogP contribution in [0.2, 0.25) is 0 Å². The molecule has 0 aromatic heterocycles. The summed E-state index contributed by atoms with van der Waals surface area (Å²) >= 11 is 0. The third-order valence-electron chi connectivity index (χ3n) is 11.3. The second kappa shape index (κ2) is 9.61. The normalized spacial score (nSPS) is 43.1. The number of hydrogen-bond acceptors (Lipinski definition) is 2. The number of carbonyl (C=O) groups is 1. The van der Waals surface area contributed by atoms with Gasteiger partial charge in [0.05, 0.1) is 0 Å². The van der Waals surface area contributed by atoms with Crippen molar-refractivity contribution in [2.75, 3.05) is 0 Å². The van der Waals surface area contributed by atoms with Crippen LogP contribution in [0.5, 0.6) is 0 Å². The summed E-state index contributed by atoms with van der Waals surface area (Å²) in [5, 5.41) is 0. The lowest BCUT2D eigenvalue weighted by Gasteiger charge is -2.61. The van der Waals surface area contributed by atoms with Crippen LogP contribution in [-0.4, -0.2) is 18.2 Å². The molecule has 9 atom stereocenters. The quantitative estimate of drug-likeness (QED) is 0.353. The number of alkyl halides is 3. The van der Waals surface area contributed by atoms with Crippen LogP contribution in [0, 0.1) is 52.3 Å². The molecule has 196 valence electrons. The maximum Gasteiger partial charge on any atom is 0.490 e. The molecule has 5 heteroatoms. The fourth-order valence-corrected chi connectivity index (χ4v) is 9.57. The summed E-state index contributed by atoms with van der Waals surface area (Å²) in [5.41, 5.74) is 0.646. The van der Waals surface area contributed by atoms with Gasteiger partial charge in [0.2, 0.25) is 0 Å². The molecular weight excluding hydrogens is 437 g/mol. The fourth-order valence-electron chi connectivity index (χ4n) is 9.57. The van der Waals surface area contributed by atoms with Gasteiger partial charge in [-0.1, -0.05) is 53.9 Å². The third kappa shape index (κ3) is 4.80. The predicted molar refractivity (Wildman–Crippen MR) is 129 cm³/mol. The summed E-state index contributed by atoms with van der Waals surface area (Å²) in [4.78, 5) is 11.4. The van der Waals surface area contributed by atoms with Crippen molar-refractivity contribution in [3.8, 4) is 0 Å². The van der Waals surface area contributed by atoms with E-state index in [1.165, 1.54) is 51.4 Å². The third-order valence-corrected chi connectivity index (χ3v) is 11.3. The van der Waals surface area contributed by atoms with Crippen molar-refractivity contribution in [3.05, 3.63) is 0 Å². The molecule has 0 aromatic rings. The smallest absolute Gasteiger partial charge is 0.456 e. The van der Waals surface area contributed by atoms with Gasteiger partial charge in [-0.2, -0.15) is 13.2 Å². The molecule has 0 bridgehead atoms. The Balaban J connectivity index is 1.41. The number of rotatable bonds is 6. The highest BCUT2D eigenvalue weighted by Crippen LogP contribution is 2.68. The average molecular weight is 485 g/mol. The number of hydrogen-bond donors (Lipinski definition) is 0. The first-order chi connectivity index (χ1) is 15.9. The lowest BCUT2D eigenvalue weighted by atomic mass is 9.44. The van der Waals surface area contributed by atoms with Crippen LogP contribution < -0.4 is 0 Å². The van der Waals surface area contributed by atoms with E-state index < -0.39 is 18.2 Å². The first-order valence-electron chi connectivity index (χ1n) is 14.1. The first kappa shape index (κ1) is 26.3. The standard InChI is InChI=1S/C29H47F3O2/c1-18(2)7-6-8-19(3)23-11-12-24-22-10-9-20-17-21(34-26(33)29(30,31)32)13-15-27(20,4)25(22)14-16-28(23,24)5/h18-25H,6-17H2,1-5H3/t19-,20+,21-,22+,23+,24-,25+,27+,28+/m1/s1. The Morgan fingerprint density at radius 2 is 1.59 bits per heavy atom. The molecule has 0 heterocycles. The van der Waals surface area contributed by atoms with Gasteiger partial charge in [-0.05, 0) is 110 Å². The SMILES string of the molecule is CC(C)CCC[C@@H](C)[C@@H]1CC[C@@H]2[C@@H]3CC[C@H]4C[C@H](OC(=O)C(F)(F)F)CC[C@]4(C)[C@H]3CC[C@]21C. The summed E-state index contributed by atoms with van der Waals surface area (Å²) in [6.45, 7) is 12.2. The Morgan fingerprint density at radius 3 is 2.26 bits per heavy atom. The molecule has 0 unspecified atom stereocenters. The van der Waals surface area contributed by atoms with Gasteiger partial charge >= 0.3 is 12.1 Å². The second-order valence-electron chi connectivity index (χ2n) is 13.5. The molecule has 4 aliphatic carbocycles. The zero-order valence-electron chi connectivity index (χ0n) is 22.1. The van der Waals surface area contributed by atoms with Crippen LogP contribution in [0.3, 0.4) is 0 Å². The molecule has 0 aliphatic heterocycles. The van der Waals surface area contributed by atoms with Gasteiger partial charge in [-0.15, -0.1) is 0 Å². The number of halogens is 3. The van der Waals surface area contributed by atoms with Crippen molar-refractivity contribution in [2.45, 2.75) is 124 Å². The van der Waals surface area contributed by atoms with Crippen molar-refractivity contribution < 1.29 is 22.7 Å². The van der Waals surface area contributed by atoms with E-state index in [4.69, 9.17) is 4.74 Å². The number of carbonyl (C=O) groups excluding carboxylic acids is 1. The van der Waals surface area contributed by atoms with Gasteiger partial charge in [0.15, 0.2) is 0 Å². The van der Waals surface area contributed by atoms with Crippen LogP contribution in [0.4, 0.5) is 13.2 Å². The molecule has 4 aliphatic rings. The maximum absolute atomic E-state index is 12.7. The summed E-state index contributed by atoms with van der Waals surface area (Å²) in [6.07, 6.45) is 8.28. The minimum absolute atomic E-state index is 0.187. The van der Waals surface area contributed by atoms with E-state index in [9.17, 15) is 18.0 Å². The molecule has 34 heavy (non-hydrogen) atoms. The second-order valence-corrected chi connectivity index (χ2v) is 13.5. The molecule has 4 rings (SSSR count). The van der Waals surface area contributed by atoms with Crippen LogP contribution >= 0.6 is 0 Å².